The summed E-state index contributed by atoms with van der Waals surface area (Å²) < 4.78 is 28.5. The first-order valence-corrected chi connectivity index (χ1v) is 13.7. The number of ether oxygens (including phenoxy) is 1. The van der Waals surface area contributed by atoms with Crippen LogP contribution in [0.15, 0.2) is 59.1 Å². The van der Waals surface area contributed by atoms with Crippen molar-refractivity contribution in [1.82, 2.24) is 20.1 Å². The van der Waals surface area contributed by atoms with Crippen LogP contribution in [-0.2, 0) is 17.0 Å². The molecule has 2 aromatic carbocycles. The predicted molar refractivity (Wildman–Crippen MR) is 146 cm³/mol. The molecule has 0 radical (unpaired) electrons. The van der Waals surface area contributed by atoms with E-state index in [9.17, 15) is 15.0 Å². The van der Waals surface area contributed by atoms with Crippen LogP contribution in [0, 0.1) is 12.7 Å². The van der Waals surface area contributed by atoms with Gasteiger partial charge >= 0.3 is 0 Å². The minimum absolute atomic E-state index is 0.0230. The number of carbonyl (C=O) groups is 1. The number of hydrogen-bond acceptors (Lipinski definition) is 8. The van der Waals surface area contributed by atoms with Gasteiger partial charge in [-0.3, -0.25) is 14.7 Å². The zero-order chi connectivity index (χ0) is 28.9. The molecule has 3 heterocycles. The molecule has 41 heavy (non-hydrogen) atoms. The molecular formula is C29H25Cl2FN4O5. The number of amides is 1. The van der Waals surface area contributed by atoms with E-state index in [1.54, 1.807) is 43.3 Å². The van der Waals surface area contributed by atoms with Crippen molar-refractivity contribution in [3.8, 4) is 0 Å². The van der Waals surface area contributed by atoms with E-state index in [2.05, 4.69) is 15.2 Å². The lowest BCUT2D eigenvalue weighted by Gasteiger charge is -2.40. The molecule has 1 aliphatic carbocycles. The molecule has 6 rings (SSSR count). The van der Waals surface area contributed by atoms with Gasteiger partial charge in [0.05, 0.1) is 53.1 Å². The number of aryl methyl sites for hydroxylation is 1. The maximum absolute atomic E-state index is 16.5. The third-order valence-electron chi connectivity index (χ3n) is 7.45. The third-order valence-corrected chi connectivity index (χ3v) is 7.93. The smallest absolute Gasteiger partial charge is 0.257 e. The lowest BCUT2D eigenvalue weighted by Crippen LogP contribution is -2.48. The van der Waals surface area contributed by atoms with Gasteiger partial charge in [-0.2, -0.15) is 0 Å². The fourth-order valence-corrected chi connectivity index (χ4v) is 5.36. The summed E-state index contributed by atoms with van der Waals surface area (Å²) >= 11 is 12.2. The highest BCUT2D eigenvalue weighted by Gasteiger charge is 2.56. The molecule has 2 aromatic heterocycles. The molecule has 1 unspecified atom stereocenters. The molecule has 2 aliphatic rings. The minimum atomic E-state index is -1.77. The first kappa shape index (κ1) is 27.7. The van der Waals surface area contributed by atoms with Gasteiger partial charge in [-0.15, -0.1) is 10.2 Å². The van der Waals surface area contributed by atoms with E-state index in [1.807, 2.05) is 0 Å². The molecule has 0 saturated heterocycles. The zero-order valence-corrected chi connectivity index (χ0v) is 23.4. The average molecular weight is 599 g/mol. The standard InChI is InChI=1S/C29H25Cl2FN4O5/c1-16-34-35-26(41-16)23(14-37)17-10-22-25(24(32)11-17)29(40-15-28(39)8-9-28,18-2-4-19(30)5-3-18)36(27(22)38)13-21-7-6-20(31)12-33-21/h2-7,10-12,23,37,39H,8-9,13-15H2,1H3/t23?,29-/m1/s1. The van der Waals surface area contributed by atoms with Gasteiger partial charge in [0.1, 0.15) is 5.82 Å². The highest BCUT2D eigenvalue weighted by molar-refractivity contribution is 6.30. The van der Waals surface area contributed by atoms with E-state index in [4.69, 9.17) is 32.4 Å². The second-order valence-electron chi connectivity index (χ2n) is 10.3. The summed E-state index contributed by atoms with van der Waals surface area (Å²) in [6, 6.07) is 12.6. The number of rotatable bonds is 9. The highest BCUT2D eigenvalue weighted by Crippen LogP contribution is 2.50. The lowest BCUT2D eigenvalue weighted by molar-refractivity contribution is -0.139. The van der Waals surface area contributed by atoms with E-state index < -0.39 is 35.6 Å². The van der Waals surface area contributed by atoms with Gasteiger partial charge in [0.15, 0.2) is 5.72 Å². The first-order chi connectivity index (χ1) is 19.6. The summed E-state index contributed by atoms with van der Waals surface area (Å²) in [5.74, 6) is -1.77. The number of hydrogen-bond donors (Lipinski definition) is 2. The second kappa shape index (κ2) is 10.5. The molecule has 4 aromatic rings. The van der Waals surface area contributed by atoms with Crippen molar-refractivity contribution in [2.75, 3.05) is 13.2 Å². The number of fused-ring (bicyclic) bond motifs is 1. The fraction of sp³-hybridized carbons (Fsp3) is 0.310. The minimum Gasteiger partial charge on any atom is -0.425 e. The van der Waals surface area contributed by atoms with E-state index in [0.29, 0.717) is 34.1 Å². The Balaban J connectivity index is 1.55. The molecule has 2 atom stereocenters. The number of halogens is 3. The van der Waals surface area contributed by atoms with Gasteiger partial charge < -0.3 is 19.4 Å². The van der Waals surface area contributed by atoms with Crippen molar-refractivity contribution in [2.45, 2.75) is 43.6 Å². The molecule has 12 heteroatoms. The van der Waals surface area contributed by atoms with Crippen LogP contribution in [0.5, 0.6) is 0 Å². The second-order valence-corrected chi connectivity index (χ2v) is 11.2. The Morgan fingerprint density at radius 1 is 1.12 bits per heavy atom. The summed E-state index contributed by atoms with van der Waals surface area (Å²) in [6.07, 6.45) is 2.50. The highest BCUT2D eigenvalue weighted by atomic mass is 35.5. The van der Waals surface area contributed by atoms with Crippen LogP contribution in [0.3, 0.4) is 0 Å². The molecule has 1 saturated carbocycles. The van der Waals surface area contributed by atoms with Gasteiger partial charge in [0.25, 0.3) is 5.91 Å². The monoisotopic (exact) mass is 598 g/mol. The van der Waals surface area contributed by atoms with Gasteiger partial charge in [-0.05, 0) is 54.8 Å². The fourth-order valence-electron chi connectivity index (χ4n) is 5.13. The molecular weight excluding hydrogens is 574 g/mol. The lowest BCUT2D eigenvalue weighted by atomic mass is 9.89. The topological polar surface area (TPSA) is 122 Å². The molecule has 2 N–H and O–H groups in total. The van der Waals surface area contributed by atoms with Crippen LogP contribution >= 0.6 is 23.2 Å². The van der Waals surface area contributed by atoms with Gasteiger partial charge in [0, 0.05) is 23.7 Å². The van der Waals surface area contributed by atoms with Crippen LogP contribution in [-0.4, -0.2) is 55.0 Å². The SMILES string of the molecule is Cc1nnc(C(CO)c2cc(F)c3c(c2)C(=O)N(Cc2ccc(Cl)cn2)[C@@]3(OCC2(O)CC2)c2ccc(Cl)cc2)o1. The summed E-state index contributed by atoms with van der Waals surface area (Å²) in [6.45, 7) is 0.936. The van der Waals surface area contributed by atoms with Crippen molar-refractivity contribution in [3.63, 3.8) is 0 Å². The van der Waals surface area contributed by atoms with Gasteiger partial charge in [-0.1, -0.05) is 35.3 Å². The summed E-state index contributed by atoms with van der Waals surface area (Å²) in [5, 5.41) is 29.6. The number of pyridine rings is 1. The normalized spacial score (nSPS) is 19.9. The van der Waals surface area contributed by atoms with Crippen molar-refractivity contribution < 1.29 is 28.6 Å². The molecule has 0 bridgehead atoms. The van der Waals surface area contributed by atoms with Gasteiger partial charge in [0.2, 0.25) is 11.8 Å². The number of carbonyl (C=O) groups excluding carboxylic acids is 1. The molecule has 0 spiro atoms. The van der Waals surface area contributed by atoms with Crippen LogP contribution < -0.4 is 0 Å². The first-order valence-electron chi connectivity index (χ1n) is 12.9. The number of aliphatic hydroxyl groups is 2. The van der Waals surface area contributed by atoms with E-state index in [1.165, 1.54) is 23.2 Å². The maximum atomic E-state index is 16.5. The Morgan fingerprint density at radius 3 is 2.46 bits per heavy atom. The average Bonchev–Trinajstić information content (AvgIpc) is 3.46. The number of nitrogens with zero attached hydrogens (tertiary/aromatic N) is 4. The van der Waals surface area contributed by atoms with Crippen molar-refractivity contribution in [3.05, 3.63) is 110 Å². The van der Waals surface area contributed by atoms with Crippen LogP contribution in [0.1, 0.15) is 63.3 Å². The summed E-state index contributed by atoms with van der Waals surface area (Å²) in [4.78, 5) is 20.0. The Bertz CT molecular complexity index is 1610. The quantitative estimate of drug-likeness (QED) is 0.283. The van der Waals surface area contributed by atoms with Crippen LogP contribution in [0.2, 0.25) is 10.0 Å². The summed E-state index contributed by atoms with van der Waals surface area (Å²) in [7, 11) is 0. The Kier molecular flexibility index (Phi) is 7.07. The molecule has 1 fully saturated rings. The van der Waals surface area contributed by atoms with Crippen molar-refractivity contribution in [1.29, 1.82) is 0 Å². The number of aromatic nitrogens is 3. The van der Waals surface area contributed by atoms with E-state index in [0.717, 1.165) is 0 Å². The Labute approximate surface area is 244 Å². The largest absolute Gasteiger partial charge is 0.425 e. The zero-order valence-electron chi connectivity index (χ0n) is 21.9. The summed E-state index contributed by atoms with van der Waals surface area (Å²) in [5.41, 5.74) is -1.65. The molecule has 1 amide bonds. The Morgan fingerprint density at radius 2 is 1.85 bits per heavy atom. The predicted octanol–water partition coefficient (Wildman–Crippen LogP) is 4.74. The van der Waals surface area contributed by atoms with Crippen LogP contribution in [0.25, 0.3) is 0 Å². The molecule has 1 aliphatic heterocycles. The van der Waals surface area contributed by atoms with Crippen molar-refractivity contribution in [2.24, 2.45) is 0 Å². The Hall–Kier alpha value is -3.41. The molecule has 212 valence electrons. The third kappa shape index (κ3) is 5.00. The number of benzene rings is 2. The molecule has 9 nitrogen and oxygen atoms in total. The van der Waals surface area contributed by atoms with E-state index in [-0.39, 0.29) is 41.6 Å². The van der Waals surface area contributed by atoms with Gasteiger partial charge in [-0.25, -0.2) is 4.39 Å². The number of aliphatic hydroxyl groups excluding tert-OH is 1. The van der Waals surface area contributed by atoms with Crippen LogP contribution in [0.4, 0.5) is 4.39 Å². The van der Waals surface area contributed by atoms with E-state index >= 15 is 4.39 Å². The van der Waals surface area contributed by atoms with Crippen molar-refractivity contribution >= 4 is 29.1 Å². The maximum Gasteiger partial charge on any atom is 0.257 e.